The van der Waals surface area contributed by atoms with Crippen LogP contribution in [-0.4, -0.2) is 0 Å². The quantitative estimate of drug-likeness (QED) is 0.404. The molecule has 4 aliphatic rings. The van der Waals surface area contributed by atoms with Crippen molar-refractivity contribution >= 4 is 11.1 Å². The van der Waals surface area contributed by atoms with Gasteiger partial charge in [0.05, 0.1) is 10.8 Å². The lowest BCUT2D eigenvalue weighted by atomic mass is 9.66. The first kappa shape index (κ1) is 19.8. The summed E-state index contributed by atoms with van der Waals surface area (Å²) in [5.74, 6) is 0. The van der Waals surface area contributed by atoms with E-state index in [0.29, 0.717) is 0 Å². The molecule has 0 atom stereocenters. The SMILES string of the molecule is CC1=C(C)C2(C(C)=C1C)C1=C(c3ccccc32)C2(C(C)=C(C)C(C)=C2C)c2ccccc21. The van der Waals surface area contributed by atoms with Crippen LogP contribution < -0.4 is 0 Å². The molecule has 0 saturated carbocycles. The molecule has 0 fully saturated rings. The summed E-state index contributed by atoms with van der Waals surface area (Å²) in [6.45, 7) is 18.8. The second kappa shape index (κ2) is 5.93. The van der Waals surface area contributed by atoms with Gasteiger partial charge in [0.25, 0.3) is 0 Å². The van der Waals surface area contributed by atoms with Crippen LogP contribution in [0.25, 0.3) is 11.1 Å². The van der Waals surface area contributed by atoms with E-state index >= 15 is 0 Å². The molecule has 2 aromatic rings. The van der Waals surface area contributed by atoms with Crippen molar-refractivity contribution < 1.29 is 0 Å². The van der Waals surface area contributed by atoms with E-state index in [4.69, 9.17) is 0 Å². The number of hydrogen-bond donors (Lipinski definition) is 0. The van der Waals surface area contributed by atoms with E-state index in [1.54, 1.807) is 11.1 Å². The smallest absolute Gasteiger partial charge is 0.0619 e. The van der Waals surface area contributed by atoms with E-state index in [9.17, 15) is 0 Å². The number of rotatable bonds is 0. The van der Waals surface area contributed by atoms with Gasteiger partial charge in [-0.2, -0.15) is 0 Å². The summed E-state index contributed by atoms with van der Waals surface area (Å²) in [4.78, 5) is 0. The van der Waals surface area contributed by atoms with Gasteiger partial charge < -0.3 is 0 Å². The predicted octanol–water partition coefficient (Wildman–Crippen LogP) is 8.47. The average Bonchev–Trinajstić information content (AvgIpc) is 3.40. The van der Waals surface area contributed by atoms with Gasteiger partial charge in [0.1, 0.15) is 0 Å². The maximum absolute atomic E-state index is 2.40. The summed E-state index contributed by atoms with van der Waals surface area (Å²) in [7, 11) is 0. The van der Waals surface area contributed by atoms with Gasteiger partial charge in [-0.15, -0.1) is 0 Å². The van der Waals surface area contributed by atoms with Crippen LogP contribution in [0.4, 0.5) is 0 Å². The van der Waals surface area contributed by atoms with E-state index < -0.39 is 0 Å². The number of hydrogen-bond acceptors (Lipinski definition) is 0. The third kappa shape index (κ3) is 1.74. The Kier molecular flexibility index (Phi) is 3.67. The van der Waals surface area contributed by atoms with Crippen molar-refractivity contribution in [3.05, 3.63) is 115 Å². The third-order valence-electron chi connectivity index (χ3n) is 9.83. The van der Waals surface area contributed by atoms with Gasteiger partial charge in [-0.3, -0.25) is 0 Å². The van der Waals surface area contributed by atoms with Crippen molar-refractivity contribution in [1.29, 1.82) is 0 Å². The molecule has 32 heavy (non-hydrogen) atoms. The Morgan fingerprint density at radius 2 is 0.688 bits per heavy atom. The predicted molar refractivity (Wildman–Crippen MR) is 137 cm³/mol. The van der Waals surface area contributed by atoms with Gasteiger partial charge in [0.2, 0.25) is 0 Å². The Hall–Kier alpha value is -2.86. The molecule has 6 rings (SSSR count). The lowest BCUT2D eigenvalue weighted by Gasteiger charge is -2.36. The standard InChI is InChI=1S/C32H32/c1-17-18(2)22(6)31(21(17)5)27-15-11-9-13-25(27)30-29(31)26-14-10-12-16-28(26)32(30)23(7)19(3)20(4)24(32)8/h9-16H,1-8H3. The van der Waals surface area contributed by atoms with E-state index in [-0.39, 0.29) is 10.8 Å². The van der Waals surface area contributed by atoms with Crippen LogP contribution in [0.1, 0.15) is 77.6 Å². The minimum atomic E-state index is -0.148. The first-order valence-corrected chi connectivity index (χ1v) is 11.9. The van der Waals surface area contributed by atoms with Crippen molar-refractivity contribution in [2.24, 2.45) is 0 Å². The molecule has 4 aliphatic carbocycles. The molecule has 160 valence electrons. The van der Waals surface area contributed by atoms with Crippen molar-refractivity contribution in [2.45, 2.75) is 66.2 Å². The van der Waals surface area contributed by atoms with Gasteiger partial charge in [-0.1, -0.05) is 70.8 Å². The van der Waals surface area contributed by atoms with Crippen LogP contribution in [0.3, 0.4) is 0 Å². The van der Waals surface area contributed by atoms with E-state index in [1.807, 2.05) is 0 Å². The summed E-state index contributed by atoms with van der Waals surface area (Å²) in [5.41, 5.74) is 20.5. The highest BCUT2D eigenvalue weighted by molar-refractivity contribution is 6.16. The van der Waals surface area contributed by atoms with Crippen LogP contribution in [0.2, 0.25) is 0 Å². The molecule has 0 unspecified atom stereocenters. The first-order chi connectivity index (χ1) is 15.2. The zero-order chi connectivity index (χ0) is 22.7. The molecule has 0 N–H and O–H groups in total. The number of allylic oxidation sites excluding steroid dienone is 10. The molecule has 0 radical (unpaired) electrons. The van der Waals surface area contributed by atoms with Crippen LogP contribution in [0.15, 0.2) is 93.1 Å². The largest absolute Gasteiger partial charge is 0.0642 e. The van der Waals surface area contributed by atoms with Crippen molar-refractivity contribution in [3.8, 4) is 0 Å². The van der Waals surface area contributed by atoms with Gasteiger partial charge >= 0.3 is 0 Å². The summed E-state index contributed by atoms with van der Waals surface area (Å²) in [6, 6.07) is 18.5. The van der Waals surface area contributed by atoms with E-state index in [0.717, 1.165) is 0 Å². The molecule has 0 aliphatic heterocycles. The zero-order valence-electron chi connectivity index (χ0n) is 20.6. The monoisotopic (exact) mass is 416 g/mol. The third-order valence-corrected chi connectivity index (χ3v) is 9.83. The second-order valence-corrected chi connectivity index (χ2v) is 10.3. The zero-order valence-corrected chi connectivity index (χ0v) is 20.6. The van der Waals surface area contributed by atoms with Gasteiger partial charge in [-0.25, -0.2) is 0 Å². The van der Waals surface area contributed by atoms with Gasteiger partial charge in [-0.05, 0) is 111 Å². The fraction of sp³-hybridized carbons (Fsp3) is 0.312. The Bertz CT molecular complexity index is 1270. The molecule has 0 nitrogen and oxygen atoms in total. The molecule has 0 aromatic heterocycles. The number of benzene rings is 2. The molecule has 2 spiro atoms. The Balaban J connectivity index is 1.89. The normalized spacial score (nSPS) is 22.2. The highest BCUT2D eigenvalue weighted by atomic mass is 14.6. The molecule has 0 bridgehead atoms. The minimum Gasteiger partial charge on any atom is -0.0619 e. The lowest BCUT2D eigenvalue weighted by molar-refractivity contribution is 0.769. The summed E-state index contributed by atoms with van der Waals surface area (Å²) < 4.78 is 0. The second-order valence-electron chi connectivity index (χ2n) is 10.3. The fourth-order valence-corrected chi connectivity index (χ4v) is 7.74. The first-order valence-electron chi connectivity index (χ1n) is 11.9. The van der Waals surface area contributed by atoms with E-state index in [2.05, 4.69) is 104 Å². The molecule has 0 amide bonds. The number of fused-ring (bicyclic) bond motifs is 8. The maximum Gasteiger partial charge on any atom is 0.0642 e. The molecule has 0 heteroatoms. The molecular formula is C32H32. The van der Waals surface area contributed by atoms with Gasteiger partial charge in [0, 0.05) is 0 Å². The lowest BCUT2D eigenvalue weighted by Crippen LogP contribution is -2.28. The fourth-order valence-electron chi connectivity index (χ4n) is 7.74. The molecule has 0 saturated heterocycles. The topological polar surface area (TPSA) is 0 Å². The Labute approximate surface area is 192 Å². The van der Waals surface area contributed by atoms with E-state index in [1.165, 1.54) is 66.8 Å². The van der Waals surface area contributed by atoms with Crippen LogP contribution >= 0.6 is 0 Å². The average molecular weight is 417 g/mol. The minimum absolute atomic E-state index is 0.148. The van der Waals surface area contributed by atoms with Crippen molar-refractivity contribution in [2.75, 3.05) is 0 Å². The van der Waals surface area contributed by atoms with Crippen molar-refractivity contribution in [3.63, 3.8) is 0 Å². The molecule has 0 heterocycles. The molecule has 2 aromatic carbocycles. The Morgan fingerprint density at radius 1 is 0.406 bits per heavy atom. The van der Waals surface area contributed by atoms with Crippen LogP contribution in [-0.2, 0) is 10.8 Å². The Morgan fingerprint density at radius 3 is 1.00 bits per heavy atom. The van der Waals surface area contributed by atoms with Crippen molar-refractivity contribution in [1.82, 2.24) is 0 Å². The summed E-state index contributed by atoms with van der Waals surface area (Å²) in [6.07, 6.45) is 0. The highest BCUT2D eigenvalue weighted by Crippen LogP contribution is 2.73. The summed E-state index contributed by atoms with van der Waals surface area (Å²) in [5, 5.41) is 0. The maximum atomic E-state index is 2.40. The summed E-state index contributed by atoms with van der Waals surface area (Å²) >= 11 is 0. The van der Waals surface area contributed by atoms with Crippen LogP contribution in [0.5, 0.6) is 0 Å². The van der Waals surface area contributed by atoms with Crippen LogP contribution in [0, 0.1) is 0 Å². The molecular weight excluding hydrogens is 384 g/mol. The highest BCUT2D eigenvalue weighted by Gasteiger charge is 2.61. The van der Waals surface area contributed by atoms with Gasteiger partial charge in [0.15, 0.2) is 0 Å².